The number of fused-ring (bicyclic) bond motifs is 2. The quantitative estimate of drug-likeness (QED) is 0.770. The Morgan fingerprint density at radius 2 is 1.88 bits per heavy atom. The molecule has 0 saturated heterocycles. The molecule has 0 unspecified atom stereocenters. The van der Waals surface area contributed by atoms with E-state index >= 15 is 0 Å². The Kier molecular flexibility index (Phi) is 4.21. The third-order valence-electron chi connectivity index (χ3n) is 5.97. The Hall–Kier alpha value is -1.62. The molecule has 4 nitrogen and oxygen atoms in total. The van der Waals surface area contributed by atoms with E-state index in [1.165, 1.54) is 4.88 Å². The number of amides is 1. The first-order chi connectivity index (χ1) is 11.6. The van der Waals surface area contributed by atoms with Gasteiger partial charge < -0.3 is 14.8 Å². The fourth-order valence-corrected chi connectivity index (χ4v) is 5.55. The van der Waals surface area contributed by atoms with E-state index in [0.29, 0.717) is 6.54 Å². The van der Waals surface area contributed by atoms with E-state index < -0.39 is 17.8 Å². The maximum Gasteiger partial charge on any atom is 0.227 e. The Balaban J connectivity index is 1.60. The van der Waals surface area contributed by atoms with Crippen LogP contribution in [0.5, 0.6) is 0 Å². The normalized spacial score (nSPS) is 31.7. The summed E-state index contributed by atoms with van der Waals surface area (Å²) in [5.74, 6) is -2.09. The van der Waals surface area contributed by atoms with Crippen LogP contribution in [0.3, 0.4) is 0 Å². The molecule has 24 heavy (non-hydrogen) atoms. The van der Waals surface area contributed by atoms with E-state index in [1.54, 1.807) is 11.3 Å². The van der Waals surface area contributed by atoms with Crippen molar-refractivity contribution in [3.63, 3.8) is 0 Å². The summed E-state index contributed by atoms with van der Waals surface area (Å²) in [4.78, 5) is 28.2. The molecule has 2 bridgehead atoms. The highest BCUT2D eigenvalue weighted by atomic mass is 32.1. The van der Waals surface area contributed by atoms with Crippen molar-refractivity contribution in [3.8, 4) is 0 Å². The second kappa shape index (κ2) is 6.36. The fraction of sp³-hybridized carbons (Fsp3) is 0.579. The van der Waals surface area contributed by atoms with E-state index in [2.05, 4.69) is 6.07 Å². The largest absolute Gasteiger partial charge is 0.550 e. The predicted octanol–water partition coefficient (Wildman–Crippen LogP) is 2.21. The smallest absolute Gasteiger partial charge is 0.227 e. The van der Waals surface area contributed by atoms with Crippen molar-refractivity contribution < 1.29 is 14.7 Å². The summed E-state index contributed by atoms with van der Waals surface area (Å²) in [6.07, 6.45) is 9.16. The van der Waals surface area contributed by atoms with Gasteiger partial charge in [0, 0.05) is 22.8 Å². The van der Waals surface area contributed by atoms with E-state index in [1.807, 2.05) is 28.5 Å². The molecule has 0 N–H and O–H groups in total. The first-order valence-corrected chi connectivity index (χ1v) is 9.75. The van der Waals surface area contributed by atoms with Gasteiger partial charge in [0.15, 0.2) is 0 Å². The van der Waals surface area contributed by atoms with E-state index in [-0.39, 0.29) is 23.8 Å². The van der Waals surface area contributed by atoms with Crippen molar-refractivity contribution in [1.82, 2.24) is 4.90 Å². The van der Waals surface area contributed by atoms with Crippen LogP contribution < -0.4 is 5.11 Å². The van der Waals surface area contributed by atoms with Gasteiger partial charge >= 0.3 is 0 Å². The number of carbonyl (C=O) groups is 2. The molecule has 1 aromatic heterocycles. The molecule has 5 heteroatoms. The molecule has 0 radical (unpaired) electrons. The molecule has 4 rings (SSSR count). The number of carboxylic acids is 1. The fourth-order valence-electron chi connectivity index (χ4n) is 4.85. The van der Waals surface area contributed by atoms with Gasteiger partial charge in [0.2, 0.25) is 5.91 Å². The van der Waals surface area contributed by atoms with Gasteiger partial charge in [-0.3, -0.25) is 4.79 Å². The predicted molar refractivity (Wildman–Crippen MR) is 89.8 cm³/mol. The van der Waals surface area contributed by atoms with Gasteiger partial charge in [0.25, 0.3) is 0 Å². The lowest BCUT2D eigenvalue weighted by molar-refractivity contribution is -0.313. The Bertz CT molecular complexity index is 648. The second-order valence-electron chi connectivity index (χ2n) is 7.30. The van der Waals surface area contributed by atoms with Gasteiger partial charge in [-0.05, 0) is 42.5 Å². The average Bonchev–Trinajstić information content (AvgIpc) is 3.36. The number of carboxylic acid groups (broad SMARTS) is 1. The molecule has 1 amide bonds. The number of aliphatic carboxylic acids is 1. The summed E-state index contributed by atoms with van der Waals surface area (Å²) in [5, 5.41) is 13.7. The van der Waals surface area contributed by atoms with Crippen LogP contribution >= 0.6 is 11.3 Å². The number of nitrogens with zero attached hydrogens (tertiary/aromatic N) is 1. The molecule has 3 aliphatic carbocycles. The summed E-state index contributed by atoms with van der Waals surface area (Å²) in [6, 6.07) is 4.31. The highest BCUT2D eigenvalue weighted by Gasteiger charge is 2.50. The van der Waals surface area contributed by atoms with E-state index in [0.717, 1.165) is 32.1 Å². The van der Waals surface area contributed by atoms with Gasteiger partial charge in [0.05, 0.1) is 12.5 Å². The number of thiophene rings is 1. The molecule has 2 saturated carbocycles. The molecular weight excluding hydrogens is 322 g/mol. The van der Waals surface area contributed by atoms with Crippen molar-refractivity contribution in [2.24, 2.45) is 23.7 Å². The first-order valence-electron chi connectivity index (χ1n) is 8.87. The number of hydrogen-bond donors (Lipinski definition) is 0. The van der Waals surface area contributed by atoms with Crippen LogP contribution in [-0.2, 0) is 16.1 Å². The maximum absolute atomic E-state index is 13.4. The third kappa shape index (κ3) is 2.69. The van der Waals surface area contributed by atoms with Crippen LogP contribution in [0.15, 0.2) is 29.7 Å². The van der Waals surface area contributed by atoms with Crippen molar-refractivity contribution in [1.29, 1.82) is 0 Å². The Labute approximate surface area is 146 Å². The summed E-state index contributed by atoms with van der Waals surface area (Å²) in [7, 11) is 0. The van der Waals surface area contributed by atoms with Gasteiger partial charge in [-0.2, -0.15) is 0 Å². The topological polar surface area (TPSA) is 60.4 Å². The van der Waals surface area contributed by atoms with Crippen molar-refractivity contribution in [2.45, 2.75) is 44.7 Å². The van der Waals surface area contributed by atoms with Gasteiger partial charge in [-0.25, -0.2) is 0 Å². The number of hydrogen-bond acceptors (Lipinski definition) is 4. The minimum Gasteiger partial charge on any atom is -0.550 e. The van der Waals surface area contributed by atoms with Gasteiger partial charge in [0.1, 0.15) is 0 Å². The van der Waals surface area contributed by atoms with Crippen LogP contribution in [0.2, 0.25) is 0 Å². The van der Waals surface area contributed by atoms with E-state index in [4.69, 9.17) is 0 Å². The second-order valence-corrected chi connectivity index (χ2v) is 8.33. The SMILES string of the molecule is O=C([O-])[C@H]1[C@@H](C(=O)N(Cc2cccs2)C2CCCC2)[C@@H]2C=C[C@H]1C2. The minimum atomic E-state index is -1.06. The molecular formula is C19H22NO3S-. The molecule has 0 aromatic carbocycles. The first kappa shape index (κ1) is 15.9. The monoisotopic (exact) mass is 344 g/mol. The maximum atomic E-state index is 13.4. The van der Waals surface area contributed by atoms with Crippen molar-refractivity contribution in [3.05, 3.63) is 34.5 Å². The molecule has 128 valence electrons. The summed E-state index contributed by atoms with van der Waals surface area (Å²) in [5.41, 5.74) is 0. The molecule has 4 atom stereocenters. The molecule has 0 aliphatic heterocycles. The van der Waals surface area contributed by atoms with Gasteiger partial charge in [-0.15, -0.1) is 11.3 Å². The number of allylic oxidation sites excluding steroid dienone is 2. The zero-order chi connectivity index (χ0) is 16.7. The highest BCUT2D eigenvalue weighted by Crippen LogP contribution is 2.49. The highest BCUT2D eigenvalue weighted by molar-refractivity contribution is 7.09. The van der Waals surface area contributed by atoms with Crippen LogP contribution in [0, 0.1) is 23.7 Å². The zero-order valence-corrected chi connectivity index (χ0v) is 14.4. The van der Waals surface area contributed by atoms with Crippen molar-refractivity contribution in [2.75, 3.05) is 0 Å². The molecule has 0 spiro atoms. The zero-order valence-electron chi connectivity index (χ0n) is 13.6. The number of rotatable bonds is 5. The summed E-state index contributed by atoms with van der Waals surface area (Å²) in [6.45, 7) is 0.610. The molecule has 1 aromatic rings. The standard InChI is InChI=1S/C19H23NO3S/c21-18(16-12-7-8-13(10-12)17(16)19(22)23)20(14-4-1-2-5-14)11-15-6-3-9-24-15/h3,6-9,12-14,16-17H,1-2,4-5,10-11H2,(H,22,23)/p-1/t12-,13+,16+,17-/m1/s1. The number of carbonyl (C=O) groups excluding carboxylic acids is 2. The molecule has 2 fully saturated rings. The van der Waals surface area contributed by atoms with E-state index in [9.17, 15) is 14.7 Å². The summed E-state index contributed by atoms with van der Waals surface area (Å²) < 4.78 is 0. The van der Waals surface area contributed by atoms with Gasteiger partial charge in [-0.1, -0.05) is 31.1 Å². The third-order valence-corrected chi connectivity index (χ3v) is 6.83. The molecule has 3 aliphatic rings. The molecule has 1 heterocycles. The van der Waals surface area contributed by atoms with Crippen LogP contribution in [-0.4, -0.2) is 22.8 Å². The van der Waals surface area contributed by atoms with Crippen LogP contribution in [0.1, 0.15) is 37.0 Å². The van der Waals surface area contributed by atoms with Crippen molar-refractivity contribution >= 4 is 23.2 Å². The lowest BCUT2D eigenvalue weighted by Gasteiger charge is -2.36. The minimum absolute atomic E-state index is 0.0267. The average molecular weight is 344 g/mol. The summed E-state index contributed by atoms with van der Waals surface area (Å²) >= 11 is 1.66. The Morgan fingerprint density at radius 1 is 1.17 bits per heavy atom. The Morgan fingerprint density at radius 3 is 2.50 bits per heavy atom. The van der Waals surface area contributed by atoms with Crippen LogP contribution in [0.4, 0.5) is 0 Å². The lowest BCUT2D eigenvalue weighted by atomic mass is 9.81. The lowest BCUT2D eigenvalue weighted by Crippen LogP contribution is -2.48. The van der Waals surface area contributed by atoms with Crippen LogP contribution in [0.25, 0.3) is 0 Å².